The molecular formula is C14H10Cl5O3P. The van der Waals surface area contributed by atoms with E-state index in [-0.39, 0.29) is 26.0 Å². The number of halogens is 5. The maximum Gasteiger partial charge on any atom is 0.328 e. The zero-order valence-corrected chi connectivity index (χ0v) is 16.0. The van der Waals surface area contributed by atoms with E-state index in [4.69, 9.17) is 62.5 Å². The summed E-state index contributed by atoms with van der Waals surface area (Å²) in [6.07, 6.45) is 0. The van der Waals surface area contributed by atoms with Crippen LogP contribution in [0, 0.1) is 0 Å². The maximum atomic E-state index is 9.45. The molecular weight excluding hydrogens is 424 g/mol. The first-order valence-corrected chi connectivity index (χ1v) is 9.36. The molecule has 0 heterocycles. The van der Waals surface area contributed by atoms with Gasteiger partial charge in [0, 0.05) is 11.1 Å². The number of alkyl halides is 1. The lowest BCUT2D eigenvalue weighted by molar-refractivity contribution is 0.113. The number of benzene rings is 2. The van der Waals surface area contributed by atoms with Gasteiger partial charge in [-0.3, -0.25) is 4.52 Å². The first-order chi connectivity index (χ1) is 10.8. The molecule has 0 fully saturated rings. The third-order valence-corrected chi connectivity index (χ3v) is 5.69. The maximum absolute atomic E-state index is 9.45. The number of hydrogen-bond acceptors (Lipinski definition) is 3. The molecule has 0 saturated carbocycles. The molecule has 0 amide bonds. The van der Waals surface area contributed by atoms with Gasteiger partial charge in [0.2, 0.25) is 0 Å². The van der Waals surface area contributed by atoms with Crippen molar-refractivity contribution >= 4 is 66.6 Å². The second kappa shape index (κ2) is 8.05. The van der Waals surface area contributed by atoms with Crippen LogP contribution in [0.5, 0.6) is 0 Å². The molecule has 0 aromatic heterocycles. The molecule has 0 saturated heterocycles. The van der Waals surface area contributed by atoms with Crippen LogP contribution in [-0.2, 0) is 10.1 Å². The van der Waals surface area contributed by atoms with Crippen molar-refractivity contribution in [2.75, 3.05) is 5.88 Å². The molecule has 2 rings (SSSR count). The van der Waals surface area contributed by atoms with Crippen molar-refractivity contribution in [3.8, 4) is 0 Å². The summed E-state index contributed by atoms with van der Waals surface area (Å²) in [4.78, 5) is 18.9. The first kappa shape index (κ1) is 19.5. The molecule has 2 aromatic carbocycles. The van der Waals surface area contributed by atoms with Crippen LogP contribution in [0.4, 0.5) is 0 Å². The van der Waals surface area contributed by atoms with Crippen molar-refractivity contribution in [2.45, 2.75) is 5.60 Å². The fraction of sp³-hybridized carbons (Fsp3) is 0.143. The van der Waals surface area contributed by atoms with Crippen LogP contribution in [0.25, 0.3) is 0 Å². The standard InChI is InChI=1S/C14H10Cl5O3P/c15-7-14(22-23(20)21,8-3-1-5-10(16)12(8)18)9-4-2-6-11(17)13(9)19/h1-6,20-21H,7H2. The highest BCUT2D eigenvalue weighted by Crippen LogP contribution is 2.50. The molecule has 0 aliphatic heterocycles. The van der Waals surface area contributed by atoms with E-state index in [2.05, 4.69) is 0 Å². The molecule has 0 radical (unpaired) electrons. The highest BCUT2D eigenvalue weighted by atomic mass is 35.5. The van der Waals surface area contributed by atoms with E-state index >= 15 is 0 Å². The Morgan fingerprint density at radius 3 is 1.65 bits per heavy atom. The van der Waals surface area contributed by atoms with Crippen molar-refractivity contribution in [3.63, 3.8) is 0 Å². The van der Waals surface area contributed by atoms with Crippen molar-refractivity contribution < 1.29 is 14.3 Å². The highest BCUT2D eigenvalue weighted by Gasteiger charge is 2.41. The van der Waals surface area contributed by atoms with E-state index in [0.717, 1.165) is 0 Å². The molecule has 0 aliphatic carbocycles. The largest absolute Gasteiger partial charge is 0.328 e. The van der Waals surface area contributed by atoms with Gasteiger partial charge in [-0.1, -0.05) is 70.7 Å². The summed E-state index contributed by atoms with van der Waals surface area (Å²) < 4.78 is 5.39. The van der Waals surface area contributed by atoms with Crippen molar-refractivity contribution in [1.82, 2.24) is 0 Å². The lowest BCUT2D eigenvalue weighted by atomic mass is 9.88. The van der Waals surface area contributed by atoms with Crippen LogP contribution in [0.3, 0.4) is 0 Å². The van der Waals surface area contributed by atoms with Gasteiger partial charge in [-0.2, -0.15) is 0 Å². The summed E-state index contributed by atoms with van der Waals surface area (Å²) >= 11 is 30.8. The Kier molecular flexibility index (Phi) is 6.84. The molecule has 0 atom stereocenters. The van der Waals surface area contributed by atoms with Crippen molar-refractivity contribution in [3.05, 3.63) is 67.6 Å². The van der Waals surface area contributed by atoms with Crippen LogP contribution in [0.15, 0.2) is 36.4 Å². The number of hydrogen-bond donors (Lipinski definition) is 2. The first-order valence-electron chi connectivity index (χ1n) is 6.15. The molecule has 3 nitrogen and oxygen atoms in total. The Morgan fingerprint density at radius 1 is 0.870 bits per heavy atom. The molecule has 0 spiro atoms. The smallest absolute Gasteiger partial charge is 0.328 e. The van der Waals surface area contributed by atoms with Crippen molar-refractivity contribution in [2.24, 2.45) is 0 Å². The summed E-state index contributed by atoms with van der Waals surface area (Å²) in [6, 6.07) is 9.70. The van der Waals surface area contributed by atoms with Crippen LogP contribution in [-0.4, -0.2) is 15.7 Å². The van der Waals surface area contributed by atoms with E-state index in [1.54, 1.807) is 36.4 Å². The van der Waals surface area contributed by atoms with Gasteiger partial charge in [-0.15, -0.1) is 11.6 Å². The van der Waals surface area contributed by atoms with Gasteiger partial charge in [-0.05, 0) is 12.1 Å². The van der Waals surface area contributed by atoms with Gasteiger partial charge in [0.25, 0.3) is 0 Å². The van der Waals surface area contributed by atoms with Gasteiger partial charge in [0.1, 0.15) is 5.60 Å². The minimum absolute atomic E-state index is 0.169. The quantitative estimate of drug-likeness (QED) is 0.448. The molecule has 23 heavy (non-hydrogen) atoms. The molecule has 0 bridgehead atoms. The molecule has 0 unspecified atom stereocenters. The van der Waals surface area contributed by atoms with E-state index in [1.807, 2.05) is 0 Å². The van der Waals surface area contributed by atoms with Gasteiger partial charge < -0.3 is 9.79 Å². The third-order valence-electron chi connectivity index (χ3n) is 3.20. The Morgan fingerprint density at radius 2 is 1.30 bits per heavy atom. The Labute approximate surface area is 159 Å². The Hall–Kier alpha value is 0.200. The zero-order chi connectivity index (χ0) is 17.2. The molecule has 0 aliphatic rings. The van der Waals surface area contributed by atoms with Crippen LogP contribution in [0.1, 0.15) is 11.1 Å². The fourth-order valence-electron chi connectivity index (χ4n) is 2.18. The SMILES string of the molecule is OP(O)OC(CCl)(c1cccc(Cl)c1Cl)c1cccc(Cl)c1Cl. The van der Waals surface area contributed by atoms with Crippen LogP contribution < -0.4 is 0 Å². The number of rotatable bonds is 5. The minimum Gasteiger partial charge on any atom is -0.328 e. The van der Waals surface area contributed by atoms with E-state index in [1.165, 1.54) is 0 Å². The van der Waals surface area contributed by atoms with Gasteiger partial charge >= 0.3 is 8.60 Å². The molecule has 2 N–H and O–H groups in total. The summed E-state index contributed by atoms with van der Waals surface area (Å²) in [5, 5.41) is 0.867. The van der Waals surface area contributed by atoms with Crippen LogP contribution in [0.2, 0.25) is 20.1 Å². The lowest BCUT2D eigenvalue weighted by Crippen LogP contribution is -2.32. The molecule has 124 valence electrons. The molecule has 9 heteroatoms. The third kappa shape index (κ3) is 3.90. The van der Waals surface area contributed by atoms with Gasteiger partial charge in [0.15, 0.2) is 0 Å². The van der Waals surface area contributed by atoms with Gasteiger partial charge in [0.05, 0.1) is 26.0 Å². The summed E-state index contributed by atoms with van der Waals surface area (Å²) in [5.74, 6) is -0.201. The van der Waals surface area contributed by atoms with Gasteiger partial charge in [-0.25, -0.2) is 0 Å². The summed E-state index contributed by atoms with van der Waals surface area (Å²) in [5.41, 5.74) is -0.830. The normalized spacial score (nSPS) is 12.0. The highest BCUT2D eigenvalue weighted by molar-refractivity contribution is 7.39. The van der Waals surface area contributed by atoms with Crippen molar-refractivity contribution in [1.29, 1.82) is 0 Å². The van der Waals surface area contributed by atoms with E-state index in [9.17, 15) is 9.79 Å². The molecule has 2 aromatic rings. The summed E-state index contributed by atoms with van der Waals surface area (Å²) in [7, 11) is -2.77. The average molecular weight is 434 g/mol. The predicted octanol–water partition coefficient (Wildman–Crippen LogP) is 6.01. The second-order valence-electron chi connectivity index (χ2n) is 4.51. The second-order valence-corrected chi connectivity index (χ2v) is 7.03. The summed E-state index contributed by atoms with van der Waals surface area (Å²) in [6.45, 7) is 0. The minimum atomic E-state index is -2.77. The Bertz CT molecular complexity index is 659. The monoisotopic (exact) mass is 432 g/mol. The average Bonchev–Trinajstić information content (AvgIpc) is 2.50. The predicted molar refractivity (Wildman–Crippen MR) is 96.9 cm³/mol. The topological polar surface area (TPSA) is 49.7 Å². The van der Waals surface area contributed by atoms with E-state index in [0.29, 0.717) is 11.1 Å². The fourth-order valence-corrected chi connectivity index (χ4v) is 4.05. The Balaban J connectivity index is 2.80. The van der Waals surface area contributed by atoms with E-state index < -0.39 is 14.2 Å². The zero-order valence-electron chi connectivity index (χ0n) is 11.3. The van der Waals surface area contributed by atoms with Crippen LogP contribution >= 0.6 is 66.6 Å². The lowest BCUT2D eigenvalue weighted by Gasteiger charge is -2.34.